The lowest BCUT2D eigenvalue weighted by Crippen LogP contribution is -2.23. The van der Waals surface area contributed by atoms with Crippen molar-refractivity contribution in [3.05, 3.63) is 10.6 Å². The van der Waals surface area contributed by atoms with Gasteiger partial charge in [0, 0.05) is 25.6 Å². The number of anilines is 1. The van der Waals surface area contributed by atoms with E-state index in [4.69, 9.17) is 4.74 Å². The van der Waals surface area contributed by atoms with Crippen molar-refractivity contribution in [2.45, 2.75) is 39.0 Å². The van der Waals surface area contributed by atoms with Gasteiger partial charge in [-0.1, -0.05) is 32.1 Å². The Morgan fingerprint density at radius 3 is 2.62 bits per heavy atom. The summed E-state index contributed by atoms with van der Waals surface area (Å²) in [5.41, 5.74) is 0.381. The topological polar surface area (TPSA) is 62.7 Å². The highest BCUT2D eigenvalue weighted by Crippen LogP contribution is 2.33. The first-order valence-corrected chi connectivity index (χ1v) is 8.14. The van der Waals surface area contributed by atoms with Crippen LogP contribution in [0, 0.1) is 5.92 Å². The fourth-order valence-electron chi connectivity index (χ4n) is 1.96. The molecule has 2 rings (SSSR count). The van der Waals surface area contributed by atoms with Gasteiger partial charge in [-0.05, 0) is 18.8 Å². The smallest absolute Gasteiger partial charge is 0.347 e. The maximum absolute atomic E-state index is 11.4. The third-order valence-corrected chi connectivity index (χ3v) is 4.63. The molecule has 0 aliphatic heterocycles. The number of rotatable bonds is 7. The molecule has 1 aromatic rings. The van der Waals surface area contributed by atoms with E-state index in [-0.39, 0.29) is 5.41 Å². The second-order valence-corrected chi connectivity index (χ2v) is 7.65. The van der Waals surface area contributed by atoms with Crippen LogP contribution in [0.15, 0.2) is 0 Å². The van der Waals surface area contributed by atoms with E-state index in [1.165, 1.54) is 24.2 Å². The third-order valence-electron chi connectivity index (χ3n) is 3.47. The first-order chi connectivity index (χ1) is 9.79. The Kier molecular flexibility index (Phi) is 4.88. The Morgan fingerprint density at radius 2 is 2.14 bits per heavy atom. The van der Waals surface area contributed by atoms with Crippen molar-refractivity contribution >= 4 is 22.4 Å². The molecule has 118 valence electrons. The molecule has 0 saturated heterocycles. The van der Waals surface area contributed by atoms with E-state index < -0.39 is 5.97 Å². The van der Waals surface area contributed by atoms with E-state index in [1.54, 1.807) is 0 Å². The molecule has 1 N–H and O–H groups in total. The Bertz CT molecular complexity index is 504. The fourth-order valence-corrected chi connectivity index (χ4v) is 3.06. The standard InChI is InChI=1S/C15H24N2O3S/c1-15(2,3)12-11(13(18)19)21-14(16-12)17(4)7-8-20-9-10-5-6-10/h10H,5-9H2,1-4H3,(H,18,19). The number of carbonyl (C=O) groups is 1. The van der Waals surface area contributed by atoms with Crippen LogP contribution < -0.4 is 4.90 Å². The molecule has 1 aromatic heterocycles. The van der Waals surface area contributed by atoms with Crippen molar-refractivity contribution in [1.82, 2.24) is 4.98 Å². The summed E-state index contributed by atoms with van der Waals surface area (Å²) in [5, 5.41) is 10.1. The molecule has 0 amide bonds. The molecular weight excluding hydrogens is 288 g/mol. The van der Waals surface area contributed by atoms with Gasteiger partial charge in [0.1, 0.15) is 4.88 Å². The highest BCUT2D eigenvalue weighted by molar-refractivity contribution is 7.17. The average Bonchev–Trinajstić information content (AvgIpc) is 3.07. The molecule has 1 fully saturated rings. The van der Waals surface area contributed by atoms with E-state index in [1.807, 2.05) is 32.7 Å². The summed E-state index contributed by atoms with van der Waals surface area (Å²) in [7, 11) is 1.93. The zero-order valence-corrected chi connectivity index (χ0v) is 14.0. The number of carboxylic acid groups (broad SMARTS) is 1. The number of nitrogens with zero attached hydrogens (tertiary/aromatic N) is 2. The predicted octanol–water partition coefficient (Wildman–Crippen LogP) is 3.00. The van der Waals surface area contributed by atoms with Gasteiger partial charge in [0.05, 0.1) is 12.3 Å². The lowest BCUT2D eigenvalue weighted by molar-refractivity contribution is 0.0699. The number of likely N-dealkylation sites (N-methyl/N-ethyl adjacent to an activating group) is 1. The Hall–Kier alpha value is -1.14. The van der Waals surface area contributed by atoms with Crippen molar-refractivity contribution in [2.75, 3.05) is 31.7 Å². The lowest BCUT2D eigenvalue weighted by atomic mass is 9.91. The van der Waals surface area contributed by atoms with Crippen molar-refractivity contribution in [3.8, 4) is 0 Å². The molecule has 1 aliphatic carbocycles. The molecule has 1 heterocycles. The van der Waals surface area contributed by atoms with Crippen molar-refractivity contribution in [3.63, 3.8) is 0 Å². The van der Waals surface area contributed by atoms with Gasteiger partial charge in [-0.25, -0.2) is 9.78 Å². The van der Waals surface area contributed by atoms with E-state index in [0.717, 1.165) is 24.2 Å². The minimum atomic E-state index is -0.901. The number of aromatic nitrogens is 1. The molecule has 0 bridgehead atoms. The number of carboxylic acids is 1. The van der Waals surface area contributed by atoms with Crippen molar-refractivity contribution in [1.29, 1.82) is 0 Å². The molecule has 6 heteroatoms. The van der Waals surface area contributed by atoms with Crippen LogP contribution in [-0.4, -0.2) is 42.9 Å². The lowest BCUT2D eigenvalue weighted by Gasteiger charge is -2.17. The molecule has 0 radical (unpaired) electrons. The maximum Gasteiger partial charge on any atom is 0.347 e. The largest absolute Gasteiger partial charge is 0.477 e. The summed E-state index contributed by atoms with van der Waals surface area (Å²) in [5.74, 6) is -0.136. The number of thiazole rings is 1. The summed E-state index contributed by atoms with van der Waals surface area (Å²) in [6, 6.07) is 0. The number of aromatic carboxylic acids is 1. The molecule has 21 heavy (non-hydrogen) atoms. The number of hydrogen-bond acceptors (Lipinski definition) is 5. The second kappa shape index (κ2) is 6.32. The summed E-state index contributed by atoms with van der Waals surface area (Å²) < 4.78 is 5.62. The zero-order chi connectivity index (χ0) is 15.6. The molecule has 0 atom stereocenters. The fraction of sp³-hybridized carbons (Fsp3) is 0.733. The highest BCUT2D eigenvalue weighted by Gasteiger charge is 2.28. The molecule has 1 saturated carbocycles. The summed E-state index contributed by atoms with van der Waals surface area (Å²) in [4.78, 5) is 18.2. The average molecular weight is 312 g/mol. The Labute approximate surface area is 129 Å². The first kappa shape index (κ1) is 16.2. The van der Waals surface area contributed by atoms with Gasteiger partial charge >= 0.3 is 5.97 Å². The first-order valence-electron chi connectivity index (χ1n) is 7.32. The minimum absolute atomic E-state index is 0.272. The van der Waals surface area contributed by atoms with E-state index in [2.05, 4.69) is 4.98 Å². The molecule has 0 spiro atoms. The minimum Gasteiger partial charge on any atom is -0.477 e. The Balaban J connectivity index is 1.99. The van der Waals surface area contributed by atoms with Crippen molar-refractivity contribution < 1.29 is 14.6 Å². The van der Waals surface area contributed by atoms with Gasteiger partial charge in [-0.15, -0.1) is 0 Å². The Morgan fingerprint density at radius 1 is 1.48 bits per heavy atom. The quantitative estimate of drug-likeness (QED) is 0.784. The van der Waals surface area contributed by atoms with E-state index in [0.29, 0.717) is 17.2 Å². The van der Waals surface area contributed by atoms with Gasteiger partial charge in [0.2, 0.25) is 0 Å². The summed E-state index contributed by atoms with van der Waals surface area (Å²) >= 11 is 1.24. The predicted molar refractivity (Wildman–Crippen MR) is 84.6 cm³/mol. The zero-order valence-electron chi connectivity index (χ0n) is 13.2. The van der Waals surface area contributed by atoms with Gasteiger partial charge in [-0.2, -0.15) is 0 Å². The van der Waals surface area contributed by atoms with Crippen LogP contribution in [0.4, 0.5) is 5.13 Å². The highest BCUT2D eigenvalue weighted by atomic mass is 32.1. The molecule has 5 nitrogen and oxygen atoms in total. The molecular formula is C15H24N2O3S. The van der Waals surface area contributed by atoms with Crippen LogP contribution in [-0.2, 0) is 10.2 Å². The van der Waals surface area contributed by atoms with Gasteiger partial charge in [0.25, 0.3) is 0 Å². The molecule has 0 unspecified atom stereocenters. The monoisotopic (exact) mass is 312 g/mol. The maximum atomic E-state index is 11.4. The van der Waals surface area contributed by atoms with E-state index >= 15 is 0 Å². The van der Waals surface area contributed by atoms with Gasteiger partial charge in [0.15, 0.2) is 5.13 Å². The van der Waals surface area contributed by atoms with E-state index in [9.17, 15) is 9.90 Å². The normalized spacial score (nSPS) is 15.2. The summed E-state index contributed by atoms with van der Waals surface area (Å²) in [6.45, 7) is 8.17. The SMILES string of the molecule is CN(CCOCC1CC1)c1nc(C(C)(C)C)c(C(=O)O)s1. The summed E-state index contributed by atoms with van der Waals surface area (Å²) in [6.07, 6.45) is 2.58. The van der Waals surface area contributed by atoms with Gasteiger partial charge < -0.3 is 14.7 Å². The van der Waals surface area contributed by atoms with Crippen molar-refractivity contribution in [2.24, 2.45) is 5.92 Å². The second-order valence-electron chi connectivity index (χ2n) is 6.67. The van der Waals surface area contributed by atoms with Crippen LogP contribution in [0.2, 0.25) is 0 Å². The van der Waals surface area contributed by atoms with Crippen LogP contribution in [0.5, 0.6) is 0 Å². The van der Waals surface area contributed by atoms with Crippen LogP contribution >= 0.6 is 11.3 Å². The number of hydrogen-bond donors (Lipinski definition) is 1. The van der Waals surface area contributed by atoms with Crippen LogP contribution in [0.3, 0.4) is 0 Å². The van der Waals surface area contributed by atoms with Crippen LogP contribution in [0.1, 0.15) is 49.0 Å². The number of ether oxygens (including phenoxy) is 1. The van der Waals surface area contributed by atoms with Gasteiger partial charge in [-0.3, -0.25) is 0 Å². The molecule has 0 aromatic carbocycles. The molecule has 1 aliphatic rings. The third kappa shape index (κ3) is 4.41. The van der Waals surface area contributed by atoms with Crippen LogP contribution in [0.25, 0.3) is 0 Å².